The molecule has 134 valence electrons. The molecule has 4 rings (SSSR count). The van der Waals surface area contributed by atoms with Gasteiger partial charge in [-0.05, 0) is 49.4 Å². The number of rotatable bonds is 3. The summed E-state index contributed by atoms with van der Waals surface area (Å²) in [5.74, 6) is 0.335. The Morgan fingerprint density at radius 1 is 1.31 bits per heavy atom. The number of benzene rings is 1. The molecule has 1 N–H and O–H groups in total. The van der Waals surface area contributed by atoms with Gasteiger partial charge in [0.2, 0.25) is 5.91 Å². The maximum atomic E-state index is 13.0. The Bertz CT molecular complexity index is 887. The minimum absolute atomic E-state index is 0.119. The van der Waals surface area contributed by atoms with Crippen LogP contribution in [0.5, 0.6) is 0 Å². The fourth-order valence-electron chi connectivity index (χ4n) is 3.97. The zero-order valence-electron chi connectivity index (χ0n) is 14.5. The van der Waals surface area contributed by atoms with Gasteiger partial charge < -0.3 is 10.2 Å². The Morgan fingerprint density at radius 3 is 2.92 bits per heavy atom. The number of aryl methyl sites for hydroxylation is 1. The van der Waals surface area contributed by atoms with E-state index in [0.717, 1.165) is 24.4 Å². The number of halogens is 1. The number of thiocarbonyl (C=S) groups is 1. The van der Waals surface area contributed by atoms with Gasteiger partial charge in [-0.25, -0.2) is 4.98 Å². The molecule has 1 aromatic carbocycles. The van der Waals surface area contributed by atoms with E-state index in [4.69, 9.17) is 23.8 Å². The highest BCUT2D eigenvalue weighted by Crippen LogP contribution is 2.43. The fraction of sp³-hybridized carbons (Fsp3) is 0.350. The van der Waals surface area contributed by atoms with Gasteiger partial charge in [0, 0.05) is 6.54 Å². The van der Waals surface area contributed by atoms with Crippen LogP contribution in [0.15, 0.2) is 42.5 Å². The summed E-state index contributed by atoms with van der Waals surface area (Å²) in [4.78, 5) is 20.1. The largest absolute Gasteiger partial charge is 0.358 e. The topological polar surface area (TPSA) is 45.2 Å². The number of fused-ring (bicyclic) bond motifs is 1. The highest BCUT2D eigenvalue weighted by molar-refractivity contribution is 7.80. The lowest BCUT2D eigenvalue weighted by Gasteiger charge is -2.30. The first-order valence-electron chi connectivity index (χ1n) is 8.82. The molecule has 1 fully saturated rings. The molecule has 4 nitrogen and oxygen atoms in total. The molecule has 0 radical (unpaired) electrons. The summed E-state index contributed by atoms with van der Waals surface area (Å²) in [5, 5.41) is 3.23. The van der Waals surface area contributed by atoms with Gasteiger partial charge in [0.05, 0.1) is 16.4 Å². The molecule has 1 aliphatic heterocycles. The number of nitrogens with zero attached hydrogens (tertiary/aromatic N) is 2. The second-order valence-corrected chi connectivity index (χ2v) is 7.91. The Labute approximate surface area is 163 Å². The van der Waals surface area contributed by atoms with Crippen molar-refractivity contribution in [2.45, 2.75) is 32.2 Å². The van der Waals surface area contributed by atoms with E-state index in [0.29, 0.717) is 17.4 Å². The quantitative estimate of drug-likeness (QED) is 0.628. The molecule has 2 heterocycles. The first-order chi connectivity index (χ1) is 12.5. The monoisotopic (exact) mass is 385 g/mol. The van der Waals surface area contributed by atoms with Crippen LogP contribution >= 0.6 is 23.8 Å². The van der Waals surface area contributed by atoms with Crippen LogP contribution in [0.4, 0.5) is 5.82 Å². The zero-order valence-corrected chi connectivity index (χ0v) is 16.1. The van der Waals surface area contributed by atoms with Crippen LogP contribution in [0.3, 0.4) is 0 Å². The van der Waals surface area contributed by atoms with E-state index in [-0.39, 0.29) is 11.9 Å². The molecule has 2 atom stereocenters. The normalized spacial score (nSPS) is 24.6. The summed E-state index contributed by atoms with van der Waals surface area (Å²) < 4.78 is 0. The van der Waals surface area contributed by atoms with Crippen molar-refractivity contribution in [1.29, 1.82) is 0 Å². The van der Waals surface area contributed by atoms with E-state index >= 15 is 0 Å². The Balaban J connectivity index is 1.54. The lowest BCUT2D eigenvalue weighted by Crippen LogP contribution is -2.41. The van der Waals surface area contributed by atoms with E-state index < -0.39 is 5.41 Å². The highest BCUT2D eigenvalue weighted by atomic mass is 35.5. The summed E-state index contributed by atoms with van der Waals surface area (Å²) in [5.41, 5.74) is 2.02. The van der Waals surface area contributed by atoms with Gasteiger partial charge in [-0.3, -0.25) is 4.79 Å². The van der Waals surface area contributed by atoms with Crippen molar-refractivity contribution < 1.29 is 4.79 Å². The van der Waals surface area contributed by atoms with Gasteiger partial charge >= 0.3 is 0 Å². The van der Waals surface area contributed by atoms with Gasteiger partial charge in [0.25, 0.3) is 0 Å². The van der Waals surface area contributed by atoms with Gasteiger partial charge in [0.15, 0.2) is 0 Å². The van der Waals surface area contributed by atoms with Crippen molar-refractivity contribution >= 4 is 40.5 Å². The SMILES string of the molecule is CC1(C(=O)Nc2cccc(Cl)n2)CCN(C2CCc3ccccc32)C1=S. The maximum absolute atomic E-state index is 13.0. The number of carbonyl (C=O) groups excluding carboxylic acids is 1. The predicted molar refractivity (Wildman–Crippen MR) is 107 cm³/mol. The number of amides is 1. The van der Waals surface area contributed by atoms with Crippen molar-refractivity contribution in [3.63, 3.8) is 0 Å². The number of carbonyl (C=O) groups is 1. The maximum Gasteiger partial charge on any atom is 0.238 e. The van der Waals surface area contributed by atoms with Crippen molar-refractivity contribution in [2.75, 3.05) is 11.9 Å². The smallest absolute Gasteiger partial charge is 0.238 e. The number of pyridine rings is 1. The van der Waals surface area contributed by atoms with E-state index in [9.17, 15) is 4.79 Å². The Morgan fingerprint density at radius 2 is 2.12 bits per heavy atom. The number of nitrogens with one attached hydrogen (secondary N) is 1. The van der Waals surface area contributed by atoms with E-state index in [1.807, 2.05) is 6.92 Å². The third-order valence-corrected chi connectivity index (χ3v) is 6.42. The molecule has 2 aliphatic rings. The van der Waals surface area contributed by atoms with Crippen LogP contribution < -0.4 is 5.32 Å². The number of hydrogen-bond acceptors (Lipinski definition) is 3. The van der Waals surface area contributed by atoms with Gasteiger partial charge in [-0.15, -0.1) is 0 Å². The molecule has 1 aliphatic carbocycles. The Hall–Kier alpha value is -1.98. The fourth-order valence-corrected chi connectivity index (χ4v) is 4.55. The van der Waals surface area contributed by atoms with Crippen molar-refractivity contribution in [1.82, 2.24) is 9.88 Å². The van der Waals surface area contributed by atoms with Crippen molar-refractivity contribution in [3.05, 3.63) is 58.7 Å². The third-order valence-electron chi connectivity index (χ3n) is 5.52. The second kappa shape index (κ2) is 6.63. The van der Waals surface area contributed by atoms with Crippen LogP contribution in [0.1, 0.15) is 36.9 Å². The summed E-state index contributed by atoms with van der Waals surface area (Å²) in [7, 11) is 0. The first kappa shape index (κ1) is 17.4. The van der Waals surface area contributed by atoms with Crippen LogP contribution in [-0.2, 0) is 11.2 Å². The third kappa shape index (κ3) is 2.89. The van der Waals surface area contributed by atoms with Crippen LogP contribution in [0.2, 0.25) is 5.15 Å². The van der Waals surface area contributed by atoms with Crippen molar-refractivity contribution in [2.24, 2.45) is 5.41 Å². The molecule has 1 saturated heterocycles. The van der Waals surface area contributed by atoms with E-state index in [1.54, 1.807) is 18.2 Å². The molecular weight excluding hydrogens is 366 g/mol. The van der Waals surface area contributed by atoms with Crippen LogP contribution in [-0.4, -0.2) is 27.3 Å². The molecule has 1 amide bonds. The van der Waals surface area contributed by atoms with Gasteiger partial charge in [-0.2, -0.15) is 0 Å². The summed E-state index contributed by atoms with van der Waals surface area (Å²) >= 11 is 11.7. The predicted octanol–water partition coefficient (Wildman–Crippen LogP) is 4.40. The Kier molecular flexibility index (Phi) is 4.45. The molecule has 0 spiro atoms. The molecule has 0 saturated carbocycles. The highest BCUT2D eigenvalue weighted by Gasteiger charge is 2.48. The summed E-state index contributed by atoms with van der Waals surface area (Å²) in [6.07, 6.45) is 2.82. The molecule has 0 bridgehead atoms. The lowest BCUT2D eigenvalue weighted by molar-refractivity contribution is -0.121. The molecule has 6 heteroatoms. The molecular formula is C20H20ClN3OS. The molecule has 26 heavy (non-hydrogen) atoms. The summed E-state index contributed by atoms with van der Waals surface area (Å²) in [6.45, 7) is 2.72. The molecule has 1 aromatic heterocycles. The van der Waals surface area contributed by atoms with Gasteiger partial charge in [0.1, 0.15) is 11.0 Å². The molecule has 2 aromatic rings. The summed E-state index contributed by atoms with van der Waals surface area (Å²) in [6, 6.07) is 14.0. The standard InChI is InChI=1S/C20H20ClN3OS/c1-20(18(25)23-17-8-4-7-16(21)22-17)11-12-24(19(20)26)15-10-9-13-5-2-3-6-14(13)15/h2-8,15H,9-12H2,1H3,(H,22,23,25). The second-order valence-electron chi connectivity index (χ2n) is 7.13. The zero-order chi connectivity index (χ0) is 18.3. The van der Waals surface area contributed by atoms with Gasteiger partial charge in [-0.1, -0.05) is 54.2 Å². The number of anilines is 1. The number of likely N-dealkylation sites (tertiary alicyclic amines) is 1. The number of hydrogen-bond donors (Lipinski definition) is 1. The average molecular weight is 386 g/mol. The van der Waals surface area contributed by atoms with Crippen LogP contribution in [0, 0.1) is 5.41 Å². The van der Waals surface area contributed by atoms with Crippen molar-refractivity contribution in [3.8, 4) is 0 Å². The van der Waals surface area contributed by atoms with E-state index in [2.05, 4.69) is 39.5 Å². The lowest BCUT2D eigenvalue weighted by atomic mass is 9.88. The first-order valence-corrected chi connectivity index (χ1v) is 9.60. The molecule has 2 unspecified atom stereocenters. The number of aromatic nitrogens is 1. The van der Waals surface area contributed by atoms with Crippen LogP contribution in [0.25, 0.3) is 0 Å². The minimum atomic E-state index is -0.711. The van der Waals surface area contributed by atoms with E-state index in [1.165, 1.54) is 11.1 Å². The average Bonchev–Trinajstić information content (AvgIpc) is 3.17. The minimum Gasteiger partial charge on any atom is -0.358 e.